The van der Waals surface area contributed by atoms with Crippen LogP contribution in [0.4, 0.5) is 0 Å². The lowest BCUT2D eigenvalue weighted by molar-refractivity contribution is -0.140. The molecule has 0 N–H and O–H groups in total. The van der Waals surface area contributed by atoms with Crippen molar-refractivity contribution >= 4 is 39.4 Å². The van der Waals surface area contributed by atoms with Crippen LogP contribution in [0.3, 0.4) is 0 Å². The molecule has 0 fully saturated rings. The summed E-state index contributed by atoms with van der Waals surface area (Å²) in [6.45, 7) is 0. The van der Waals surface area contributed by atoms with Gasteiger partial charge in [0, 0.05) is 15.8 Å². The lowest BCUT2D eigenvalue weighted by Gasteiger charge is -2.02. The summed E-state index contributed by atoms with van der Waals surface area (Å²) in [5.41, 5.74) is 0.685. The van der Waals surface area contributed by atoms with Crippen molar-refractivity contribution in [3.05, 3.63) is 34.3 Å². The zero-order chi connectivity index (χ0) is 12.7. The van der Waals surface area contributed by atoms with Gasteiger partial charge in [0.1, 0.15) is 0 Å². The summed E-state index contributed by atoms with van der Waals surface area (Å²) in [6.07, 6.45) is 0.340. The van der Waals surface area contributed by atoms with Gasteiger partial charge in [-0.2, -0.15) is 11.8 Å². The van der Waals surface area contributed by atoms with Gasteiger partial charge in [-0.15, -0.1) is 0 Å². The van der Waals surface area contributed by atoms with Gasteiger partial charge >= 0.3 is 5.97 Å². The maximum Gasteiger partial charge on any atom is 0.306 e. The highest BCUT2D eigenvalue weighted by atomic mass is 79.9. The van der Waals surface area contributed by atoms with Crippen LogP contribution in [0.1, 0.15) is 16.8 Å². The molecule has 0 radical (unpaired) electrons. The summed E-state index contributed by atoms with van der Waals surface area (Å²) >= 11 is 4.76. The largest absolute Gasteiger partial charge is 0.469 e. The third-order valence-electron chi connectivity index (χ3n) is 2.06. The van der Waals surface area contributed by atoms with Crippen molar-refractivity contribution in [2.24, 2.45) is 0 Å². The standard InChI is InChI=1S/C12H13BrO3S/c1-16-12(15)5-6-17-8-11(14)9-3-2-4-10(13)7-9/h2-4,7H,5-6,8H2,1H3. The third-order valence-corrected chi connectivity index (χ3v) is 3.51. The molecule has 0 aromatic heterocycles. The third kappa shape index (κ3) is 5.37. The molecule has 0 aliphatic heterocycles. The summed E-state index contributed by atoms with van der Waals surface area (Å²) in [4.78, 5) is 22.6. The van der Waals surface area contributed by atoms with Crippen molar-refractivity contribution < 1.29 is 14.3 Å². The van der Waals surface area contributed by atoms with E-state index in [2.05, 4.69) is 20.7 Å². The molecule has 0 aliphatic carbocycles. The van der Waals surface area contributed by atoms with Gasteiger partial charge in [0.25, 0.3) is 0 Å². The number of thioether (sulfide) groups is 1. The van der Waals surface area contributed by atoms with E-state index < -0.39 is 0 Å². The molecule has 0 saturated carbocycles. The van der Waals surface area contributed by atoms with Crippen LogP contribution in [-0.2, 0) is 9.53 Å². The molecule has 1 aromatic rings. The maximum absolute atomic E-state index is 11.8. The first-order chi connectivity index (χ1) is 8.13. The summed E-state index contributed by atoms with van der Waals surface area (Å²) in [6, 6.07) is 7.29. The highest BCUT2D eigenvalue weighted by Gasteiger charge is 2.07. The smallest absolute Gasteiger partial charge is 0.306 e. The van der Waals surface area contributed by atoms with Crippen molar-refractivity contribution in [1.29, 1.82) is 0 Å². The van der Waals surface area contributed by atoms with Crippen LogP contribution < -0.4 is 0 Å². The Kier molecular flexibility index (Phi) is 6.29. The Hall–Kier alpha value is -0.810. The van der Waals surface area contributed by atoms with E-state index in [1.54, 1.807) is 12.1 Å². The summed E-state index contributed by atoms with van der Waals surface area (Å²) in [7, 11) is 1.36. The SMILES string of the molecule is COC(=O)CCSCC(=O)c1cccc(Br)c1. The molecule has 92 valence electrons. The number of hydrogen-bond acceptors (Lipinski definition) is 4. The van der Waals surface area contributed by atoms with Crippen LogP contribution in [0.15, 0.2) is 28.7 Å². The highest BCUT2D eigenvalue weighted by molar-refractivity contribution is 9.10. The van der Waals surface area contributed by atoms with Crippen molar-refractivity contribution in [2.75, 3.05) is 18.6 Å². The summed E-state index contributed by atoms with van der Waals surface area (Å²) < 4.78 is 5.41. The lowest BCUT2D eigenvalue weighted by atomic mass is 10.2. The molecule has 17 heavy (non-hydrogen) atoms. The molecule has 3 nitrogen and oxygen atoms in total. The zero-order valence-electron chi connectivity index (χ0n) is 9.44. The molecule has 0 aliphatic rings. The van der Waals surface area contributed by atoms with Crippen LogP contribution >= 0.6 is 27.7 Å². The van der Waals surface area contributed by atoms with Gasteiger partial charge in [-0.1, -0.05) is 28.1 Å². The van der Waals surface area contributed by atoms with Gasteiger partial charge in [0.15, 0.2) is 5.78 Å². The van der Waals surface area contributed by atoms with Crippen molar-refractivity contribution in [2.45, 2.75) is 6.42 Å². The van der Waals surface area contributed by atoms with E-state index in [4.69, 9.17) is 0 Å². The first-order valence-corrected chi connectivity index (χ1v) is 7.01. The maximum atomic E-state index is 11.8. The number of Topliss-reactive ketones (excluding diaryl/α,β-unsaturated/α-hetero) is 1. The van der Waals surface area contributed by atoms with Crippen LogP contribution in [0.5, 0.6) is 0 Å². The second-order valence-corrected chi connectivity index (χ2v) is 5.33. The minimum atomic E-state index is -0.243. The topological polar surface area (TPSA) is 43.4 Å². The Morgan fingerprint density at radius 3 is 2.82 bits per heavy atom. The van der Waals surface area contributed by atoms with E-state index in [-0.39, 0.29) is 11.8 Å². The van der Waals surface area contributed by atoms with Gasteiger partial charge < -0.3 is 4.74 Å². The van der Waals surface area contributed by atoms with E-state index >= 15 is 0 Å². The van der Waals surface area contributed by atoms with Gasteiger partial charge in [-0.05, 0) is 12.1 Å². The number of ether oxygens (including phenoxy) is 1. The van der Waals surface area contributed by atoms with Gasteiger partial charge in [-0.3, -0.25) is 9.59 Å². The number of halogens is 1. The molecule has 1 rings (SSSR count). The highest BCUT2D eigenvalue weighted by Crippen LogP contribution is 2.14. The van der Waals surface area contributed by atoms with Crippen LogP contribution in [0.2, 0.25) is 0 Å². The number of rotatable bonds is 6. The van der Waals surface area contributed by atoms with E-state index in [0.717, 1.165) is 4.47 Å². The Labute approximate surface area is 113 Å². The van der Waals surface area contributed by atoms with Gasteiger partial charge in [0.05, 0.1) is 19.3 Å². The Morgan fingerprint density at radius 1 is 1.41 bits per heavy atom. The van der Waals surface area contributed by atoms with E-state index in [1.807, 2.05) is 12.1 Å². The van der Waals surface area contributed by atoms with Crippen molar-refractivity contribution in [1.82, 2.24) is 0 Å². The Morgan fingerprint density at radius 2 is 2.18 bits per heavy atom. The van der Waals surface area contributed by atoms with E-state index in [9.17, 15) is 9.59 Å². The molecule has 0 bridgehead atoms. The van der Waals surface area contributed by atoms with Crippen molar-refractivity contribution in [3.63, 3.8) is 0 Å². The lowest BCUT2D eigenvalue weighted by Crippen LogP contribution is -2.05. The molecule has 0 heterocycles. The van der Waals surface area contributed by atoms with Crippen LogP contribution in [-0.4, -0.2) is 30.4 Å². The Bertz CT molecular complexity index is 406. The van der Waals surface area contributed by atoms with Crippen LogP contribution in [0, 0.1) is 0 Å². The van der Waals surface area contributed by atoms with Crippen molar-refractivity contribution in [3.8, 4) is 0 Å². The normalized spacial score (nSPS) is 10.0. The molecule has 0 spiro atoms. The number of methoxy groups -OCH3 is 1. The number of ketones is 1. The first-order valence-electron chi connectivity index (χ1n) is 5.07. The average Bonchev–Trinajstić information content (AvgIpc) is 2.34. The predicted octanol–water partition coefficient (Wildman–Crippen LogP) is 2.93. The monoisotopic (exact) mass is 316 g/mol. The second kappa shape index (κ2) is 7.50. The van der Waals surface area contributed by atoms with Crippen LogP contribution in [0.25, 0.3) is 0 Å². The molecular formula is C12H13BrO3S. The number of esters is 1. The van der Waals surface area contributed by atoms with E-state index in [0.29, 0.717) is 23.5 Å². The fourth-order valence-electron chi connectivity index (χ4n) is 1.17. The molecule has 1 aromatic carbocycles. The fourth-order valence-corrected chi connectivity index (χ4v) is 2.37. The molecule has 0 unspecified atom stereocenters. The summed E-state index contributed by atoms with van der Waals surface area (Å²) in [5, 5.41) is 0. The first kappa shape index (κ1) is 14.3. The molecule has 0 atom stereocenters. The minimum absolute atomic E-state index is 0.0705. The molecular weight excluding hydrogens is 304 g/mol. The molecule has 5 heteroatoms. The number of carbonyl (C=O) groups is 2. The van der Waals surface area contributed by atoms with Gasteiger partial charge in [-0.25, -0.2) is 0 Å². The Balaban J connectivity index is 2.33. The predicted molar refractivity (Wildman–Crippen MR) is 72.4 cm³/mol. The van der Waals surface area contributed by atoms with E-state index in [1.165, 1.54) is 18.9 Å². The quantitative estimate of drug-likeness (QED) is 0.460. The minimum Gasteiger partial charge on any atom is -0.469 e. The zero-order valence-corrected chi connectivity index (χ0v) is 11.8. The average molecular weight is 317 g/mol. The molecule has 0 amide bonds. The fraction of sp³-hybridized carbons (Fsp3) is 0.333. The number of hydrogen-bond donors (Lipinski definition) is 0. The molecule has 0 saturated heterocycles. The van der Waals surface area contributed by atoms with Gasteiger partial charge in [0.2, 0.25) is 0 Å². The number of benzene rings is 1. The summed E-state index contributed by atoms with van der Waals surface area (Å²) in [5.74, 6) is 0.813. The number of carbonyl (C=O) groups excluding carboxylic acids is 2. The second-order valence-electron chi connectivity index (χ2n) is 3.31.